The molecular weight excluding hydrogens is 332 g/mol. The summed E-state index contributed by atoms with van der Waals surface area (Å²) in [6.07, 6.45) is 2.84. The maximum atomic E-state index is 13.0. The molecule has 5 heteroatoms. The van der Waals surface area contributed by atoms with Gasteiger partial charge in [0.1, 0.15) is 5.70 Å². The molecule has 128 valence electrons. The van der Waals surface area contributed by atoms with Gasteiger partial charge in [0.15, 0.2) is 0 Å². The first-order valence-electron chi connectivity index (χ1n) is 8.69. The van der Waals surface area contributed by atoms with Crippen molar-refractivity contribution >= 4 is 28.7 Å². The zero-order valence-corrected chi connectivity index (χ0v) is 14.8. The van der Waals surface area contributed by atoms with E-state index in [0.717, 1.165) is 36.4 Å². The van der Waals surface area contributed by atoms with Gasteiger partial charge in [0, 0.05) is 24.5 Å². The maximum Gasteiger partial charge on any atom is 0.277 e. The van der Waals surface area contributed by atoms with Crippen LogP contribution in [0.2, 0.25) is 0 Å². The highest BCUT2D eigenvalue weighted by Crippen LogP contribution is 2.35. The van der Waals surface area contributed by atoms with E-state index in [1.165, 1.54) is 16.2 Å². The molecule has 25 heavy (non-hydrogen) atoms. The number of rotatable bonds is 5. The smallest absolute Gasteiger partial charge is 0.277 e. The normalized spacial score (nSPS) is 17.9. The molecule has 2 aliphatic rings. The topological polar surface area (TPSA) is 40.6 Å². The predicted octanol–water partition coefficient (Wildman–Crippen LogP) is 3.17. The monoisotopic (exact) mass is 352 g/mol. The van der Waals surface area contributed by atoms with Gasteiger partial charge in [0.2, 0.25) is 0 Å². The van der Waals surface area contributed by atoms with Crippen molar-refractivity contribution in [2.75, 3.05) is 19.6 Å². The Labute approximate surface area is 151 Å². The van der Waals surface area contributed by atoms with Crippen molar-refractivity contribution in [3.8, 4) is 0 Å². The molecule has 0 saturated carbocycles. The van der Waals surface area contributed by atoms with Crippen LogP contribution in [0.15, 0.2) is 53.5 Å². The summed E-state index contributed by atoms with van der Waals surface area (Å²) in [5.41, 5.74) is 2.34. The molecule has 0 bridgehead atoms. The Hall–Kier alpha value is -2.40. The molecule has 0 radical (unpaired) electrons. The highest BCUT2D eigenvalue weighted by Gasteiger charge is 2.42. The van der Waals surface area contributed by atoms with E-state index in [1.807, 2.05) is 47.8 Å². The molecule has 4 nitrogen and oxygen atoms in total. The Morgan fingerprint density at radius 3 is 2.36 bits per heavy atom. The van der Waals surface area contributed by atoms with Crippen molar-refractivity contribution in [3.63, 3.8) is 0 Å². The third-order valence-corrected chi connectivity index (χ3v) is 5.69. The molecular formula is C20H20N2O2S. The zero-order valence-electron chi connectivity index (χ0n) is 14.0. The molecule has 0 spiro atoms. The second kappa shape index (κ2) is 6.84. The second-order valence-electron chi connectivity index (χ2n) is 6.39. The van der Waals surface area contributed by atoms with Gasteiger partial charge in [-0.15, -0.1) is 11.3 Å². The number of imide groups is 1. The minimum Gasteiger partial charge on any atom is -0.366 e. The number of thiophene rings is 1. The summed E-state index contributed by atoms with van der Waals surface area (Å²) in [5.74, 6) is -0.281. The fraction of sp³-hybridized carbons (Fsp3) is 0.300. The van der Waals surface area contributed by atoms with Gasteiger partial charge in [-0.2, -0.15) is 0 Å². The summed E-state index contributed by atoms with van der Waals surface area (Å²) >= 11 is 1.52. The molecule has 1 aromatic heterocycles. The van der Waals surface area contributed by atoms with Gasteiger partial charge in [-0.05, 0) is 36.3 Å². The molecule has 0 unspecified atom stereocenters. The van der Waals surface area contributed by atoms with Gasteiger partial charge >= 0.3 is 0 Å². The average molecular weight is 352 g/mol. The fourth-order valence-corrected chi connectivity index (χ4v) is 4.29. The minimum atomic E-state index is -0.148. The first-order valence-corrected chi connectivity index (χ1v) is 9.57. The lowest BCUT2D eigenvalue weighted by molar-refractivity contribution is -0.137. The van der Waals surface area contributed by atoms with E-state index in [1.54, 1.807) is 0 Å². The quantitative estimate of drug-likeness (QED) is 0.776. The number of amides is 2. The molecule has 0 aliphatic carbocycles. The Bertz CT molecular complexity index is 805. The van der Waals surface area contributed by atoms with Crippen LogP contribution < -0.4 is 0 Å². The SMILES string of the molecule is O=C1C(c2cccs2)=C(N2CCCC2)C(=O)N1CCc1ccccc1. The molecule has 1 fully saturated rings. The molecule has 3 heterocycles. The molecule has 0 atom stereocenters. The van der Waals surface area contributed by atoms with Crippen LogP contribution in [0, 0.1) is 0 Å². The van der Waals surface area contributed by atoms with Crippen LogP contribution in [-0.2, 0) is 16.0 Å². The van der Waals surface area contributed by atoms with Crippen LogP contribution in [0.1, 0.15) is 23.3 Å². The molecule has 0 N–H and O–H groups in total. The van der Waals surface area contributed by atoms with Crippen LogP contribution in [0.4, 0.5) is 0 Å². The van der Waals surface area contributed by atoms with E-state index in [4.69, 9.17) is 0 Å². The van der Waals surface area contributed by atoms with Gasteiger partial charge in [-0.3, -0.25) is 14.5 Å². The third kappa shape index (κ3) is 3.00. The van der Waals surface area contributed by atoms with Crippen molar-refractivity contribution in [2.45, 2.75) is 19.3 Å². The molecule has 2 amide bonds. The van der Waals surface area contributed by atoms with E-state index >= 15 is 0 Å². The number of likely N-dealkylation sites (tertiary alicyclic amines) is 1. The first kappa shape index (κ1) is 16.1. The summed E-state index contributed by atoms with van der Waals surface area (Å²) in [4.78, 5) is 30.5. The molecule has 1 saturated heterocycles. The van der Waals surface area contributed by atoms with Crippen molar-refractivity contribution < 1.29 is 9.59 Å². The number of carbonyl (C=O) groups excluding carboxylic acids is 2. The maximum absolute atomic E-state index is 13.0. The van der Waals surface area contributed by atoms with Gasteiger partial charge in [-0.1, -0.05) is 36.4 Å². The lowest BCUT2D eigenvalue weighted by atomic mass is 10.1. The van der Waals surface area contributed by atoms with Crippen molar-refractivity contribution in [3.05, 3.63) is 64.0 Å². The zero-order chi connectivity index (χ0) is 17.2. The van der Waals surface area contributed by atoms with E-state index < -0.39 is 0 Å². The van der Waals surface area contributed by atoms with Crippen LogP contribution >= 0.6 is 11.3 Å². The standard InChI is InChI=1S/C20H20N2O2S/c23-19-17(16-9-6-14-25-16)18(21-11-4-5-12-21)20(24)22(19)13-10-15-7-2-1-3-8-15/h1-3,6-9,14H,4-5,10-13H2. The van der Waals surface area contributed by atoms with E-state index in [-0.39, 0.29) is 11.8 Å². The number of hydrogen-bond acceptors (Lipinski definition) is 4. The van der Waals surface area contributed by atoms with Gasteiger partial charge in [0.05, 0.1) is 5.57 Å². The summed E-state index contributed by atoms with van der Waals surface area (Å²) < 4.78 is 0. The summed E-state index contributed by atoms with van der Waals surface area (Å²) in [5, 5.41) is 1.95. The molecule has 4 rings (SSSR count). The summed E-state index contributed by atoms with van der Waals surface area (Å²) in [7, 11) is 0. The van der Waals surface area contributed by atoms with Crippen LogP contribution in [0.5, 0.6) is 0 Å². The number of nitrogens with zero attached hydrogens (tertiary/aromatic N) is 2. The number of carbonyl (C=O) groups is 2. The van der Waals surface area contributed by atoms with E-state index in [2.05, 4.69) is 4.90 Å². The van der Waals surface area contributed by atoms with Gasteiger partial charge in [-0.25, -0.2) is 0 Å². The lowest BCUT2D eigenvalue weighted by Crippen LogP contribution is -2.36. The summed E-state index contributed by atoms with van der Waals surface area (Å²) in [6.45, 7) is 2.14. The fourth-order valence-electron chi connectivity index (χ4n) is 3.53. The van der Waals surface area contributed by atoms with Crippen LogP contribution in [0.3, 0.4) is 0 Å². The van der Waals surface area contributed by atoms with Gasteiger partial charge in [0.25, 0.3) is 11.8 Å². The van der Waals surface area contributed by atoms with Crippen molar-refractivity contribution in [2.24, 2.45) is 0 Å². The summed E-state index contributed by atoms with van der Waals surface area (Å²) in [6, 6.07) is 13.8. The third-order valence-electron chi connectivity index (χ3n) is 4.80. The Kier molecular flexibility index (Phi) is 4.40. The Morgan fingerprint density at radius 1 is 0.920 bits per heavy atom. The van der Waals surface area contributed by atoms with Gasteiger partial charge < -0.3 is 4.90 Å². The Balaban J connectivity index is 1.62. The number of benzene rings is 1. The van der Waals surface area contributed by atoms with E-state index in [0.29, 0.717) is 24.2 Å². The molecule has 2 aliphatic heterocycles. The average Bonchev–Trinajstić information content (AvgIpc) is 3.36. The lowest BCUT2D eigenvalue weighted by Gasteiger charge is -2.20. The highest BCUT2D eigenvalue weighted by molar-refractivity contribution is 7.11. The first-order chi connectivity index (χ1) is 12.3. The van der Waals surface area contributed by atoms with Crippen LogP contribution in [0.25, 0.3) is 5.57 Å². The predicted molar refractivity (Wildman–Crippen MR) is 98.9 cm³/mol. The number of hydrogen-bond donors (Lipinski definition) is 0. The Morgan fingerprint density at radius 2 is 1.68 bits per heavy atom. The van der Waals surface area contributed by atoms with Crippen molar-refractivity contribution in [1.82, 2.24) is 9.80 Å². The van der Waals surface area contributed by atoms with Crippen molar-refractivity contribution in [1.29, 1.82) is 0 Å². The molecule has 1 aromatic carbocycles. The largest absolute Gasteiger partial charge is 0.366 e. The highest BCUT2D eigenvalue weighted by atomic mass is 32.1. The van der Waals surface area contributed by atoms with E-state index in [9.17, 15) is 9.59 Å². The minimum absolute atomic E-state index is 0.133. The molecule has 2 aromatic rings. The van der Waals surface area contributed by atoms with Crippen LogP contribution in [-0.4, -0.2) is 41.2 Å². The second-order valence-corrected chi connectivity index (χ2v) is 7.34.